The molecule has 0 aliphatic rings. The van der Waals surface area contributed by atoms with Crippen LogP contribution in [0.2, 0.25) is 0 Å². The van der Waals surface area contributed by atoms with Gasteiger partial charge in [-0.3, -0.25) is 14.4 Å². The number of aliphatic carboxylic acids is 2. The van der Waals surface area contributed by atoms with Crippen LogP contribution in [0.3, 0.4) is 0 Å². The maximum Gasteiger partial charge on any atom is 0.322 e. The zero-order valence-electron chi connectivity index (χ0n) is 14.9. The van der Waals surface area contributed by atoms with Crippen molar-refractivity contribution in [2.75, 3.05) is 6.54 Å². The first-order valence-corrected chi connectivity index (χ1v) is 8.76. The van der Waals surface area contributed by atoms with E-state index in [2.05, 4.69) is 5.32 Å². The molecular formula is C21H23NO5. The third-order valence-corrected chi connectivity index (χ3v) is 4.35. The molecule has 0 bridgehead atoms. The molecule has 0 aliphatic carbocycles. The lowest BCUT2D eigenvalue weighted by Crippen LogP contribution is -2.37. The smallest absolute Gasteiger partial charge is 0.322 e. The molecule has 2 aromatic carbocycles. The minimum Gasteiger partial charge on any atom is -0.481 e. The highest BCUT2D eigenvalue weighted by Crippen LogP contribution is 2.22. The van der Waals surface area contributed by atoms with Crippen molar-refractivity contribution in [3.05, 3.63) is 71.8 Å². The number of carboxylic acids is 2. The highest BCUT2D eigenvalue weighted by atomic mass is 16.4. The van der Waals surface area contributed by atoms with Crippen molar-refractivity contribution >= 4 is 17.8 Å². The summed E-state index contributed by atoms with van der Waals surface area (Å²) in [4.78, 5) is 35.0. The number of rotatable bonds is 10. The van der Waals surface area contributed by atoms with E-state index >= 15 is 0 Å². The predicted octanol–water partition coefficient (Wildman–Crippen LogP) is 2.38. The van der Waals surface area contributed by atoms with Crippen LogP contribution in [0.1, 0.15) is 17.5 Å². The molecule has 0 aromatic heterocycles. The maximum atomic E-state index is 12.5. The molecule has 2 aromatic rings. The number of amides is 1. The summed E-state index contributed by atoms with van der Waals surface area (Å²) < 4.78 is 0. The van der Waals surface area contributed by atoms with Crippen LogP contribution < -0.4 is 5.32 Å². The zero-order valence-corrected chi connectivity index (χ0v) is 14.9. The Labute approximate surface area is 157 Å². The van der Waals surface area contributed by atoms with E-state index in [4.69, 9.17) is 5.11 Å². The fraction of sp³-hybridized carbons (Fsp3) is 0.286. The Balaban J connectivity index is 2.15. The van der Waals surface area contributed by atoms with Gasteiger partial charge in [-0.2, -0.15) is 0 Å². The largest absolute Gasteiger partial charge is 0.481 e. The van der Waals surface area contributed by atoms with Crippen LogP contribution in [0, 0.1) is 11.8 Å². The van der Waals surface area contributed by atoms with E-state index in [1.807, 2.05) is 60.7 Å². The van der Waals surface area contributed by atoms with E-state index in [1.165, 1.54) is 0 Å². The van der Waals surface area contributed by atoms with E-state index in [0.717, 1.165) is 11.1 Å². The second-order valence-corrected chi connectivity index (χ2v) is 6.46. The number of hydrogen-bond donors (Lipinski definition) is 3. The lowest BCUT2D eigenvalue weighted by molar-refractivity contribution is -0.143. The summed E-state index contributed by atoms with van der Waals surface area (Å²) in [7, 11) is 0. The Bertz CT molecular complexity index is 761. The minimum atomic E-state index is -1.14. The third kappa shape index (κ3) is 6.93. The van der Waals surface area contributed by atoms with E-state index in [9.17, 15) is 19.5 Å². The van der Waals surface area contributed by atoms with Crippen LogP contribution in [-0.2, 0) is 27.2 Å². The van der Waals surface area contributed by atoms with Crippen LogP contribution >= 0.6 is 0 Å². The molecule has 0 saturated carbocycles. The number of hydrogen-bond acceptors (Lipinski definition) is 3. The van der Waals surface area contributed by atoms with Gasteiger partial charge in [0, 0.05) is 5.92 Å². The second-order valence-electron chi connectivity index (χ2n) is 6.46. The molecule has 1 unspecified atom stereocenters. The van der Waals surface area contributed by atoms with Gasteiger partial charge in [0.15, 0.2) is 0 Å². The van der Waals surface area contributed by atoms with Gasteiger partial charge in [-0.25, -0.2) is 0 Å². The van der Waals surface area contributed by atoms with Crippen molar-refractivity contribution in [2.45, 2.75) is 19.3 Å². The lowest BCUT2D eigenvalue weighted by atomic mass is 9.85. The molecule has 0 fully saturated rings. The normalized spacial score (nSPS) is 12.7. The molecule has 6 heteroatoms. The Kier molecular flexibility index (Phi) is 7.55. The van der Waals surface area contributed by atoms with Crippen molar-refractivity contribution in [3.8, 4) is 0 Å². The Morgan fingerprint density at radius 2 is 1.26 bits per heavy atom. The van der Waals surface area contributed by atoms with Crippen molar-refractivity contribution in [2.24, 2.45) is 11.8 Å². The first-order chi connectivity index (χ1) is 13.0. The monoisotopic (exact) mass is 369 g/mol. The van der Waals surface area contributed by atoms with E-state index in [1.54, 1.807) is 0 Å². The summed E-state index contributed by atoms with van der Waals surface area (Å²) in [5.41, 5.74) is 1.78. The Morgan fingerprint density at radius 1 is 0.778 bits per heavy atom. The summed E-state index contributed by atoms with van der Waals surface area (Å²) in [6, 6.07) is 18.5. The molecule has 0 saturated heterocycles. The average molecular weight is 369 g/mol. The van der Waals surface area contributed by atoms with Crippen molar-refractivity contribution in [1.29, 1.82) is 0 Å². The highest BCUT2D eigenvalue weighted by molar-refractivity contribution is 5.83. The van der Waals surface area contributed by atoms with Gasteiger partial charge in [-0.05, 0) is 30.4 Å². The summed E-state index contributed by atoms with van der Waals surface area (Å²) in [6.07, 6.45) is 0.795. The average Bonchev–Trinajstić information content (AvgIpc) is 2.66. The van der Waals surface area contributed by atoms with Gasteiger partial charge in [0.1, 0.15) is 6.54 Å². The predicted molar refractivity (Wildman–Crippen MR) is 100 cm³/mol. The maximum absolute atomic E-state index is 12.5. The molecule has 2 atom stereocenters. The fourth-order valence-electron chi connectivity index (χ4n) is 3.00. The minimum absolute atomic E-state index is 0.130. The van der Waals surface area contributed by atoms with Gasteiger partial charge in [0.2, 0.25) is 5.91 Å². The SMILES string of the molecule is O=C(O)CNC(=O)C(Cc1ccccc1)C[C@H](Cc1ccccc1)C(=O)O. The molecule has 6 nitrogen and oxygen atoms in total. The summed E-state index contributed by atoms with van der Waals surface area (Å²) >= 11 is 0. The van der Waals surface area contributed by atoms with Crippen LogP contribution in [0.5, 0.6) is 0 Å². The molecule has 0 spiro atoms. The molecule has 0 aliphatic heterocycles. The van der Waals surface area contributed by atoms with Crippen LogP contribution in [0.25, 0.3) is 0 Å². The third-order valence-electron chi connectivity index (χ3n) is 4.35. The number of carboxylic acid groups (broad SMARTS) is 2. The number of carbonyl (C=O) groups is 3. The van der Waals surface area contributed by atoms with E-state index < -0.39 is 36.2 Å². The molecule has 0 radical (unpaired) electrons. The standard InChI is InChI=1S/C21H23NO5/c23-19(24)14-22-20(25)17(11-15-7-3-1-4-8-15)13-18(21(26)27)12-16-9-5-2-6-10-16/h1-10,17-18H,11-14H2,(H,22,25)(H,23,24)(H,26,27)/t17?,18-/m0/s1. The molecule has 2 rings (SSSR count). The van der Waals surface area contributed by atoms with Gasteiger partial charge in [-0.1, -0.05) is 60.7 Å². The summed E-state index contributed by atoms with van der Waals surface area (Å²) in [5, 5.41) is 20.8. The lowest BCUT2D eigenvalue weighted by Gasteiger charge is -2.21. The fourth-order valence-corrected chi connectivity index (χ4v) is 3.00. The van der Waals surface area contributed by atoms with Crippen LogP contribution in [-0.4, -0.2) is 34.6 Å². The second kappa shape index (κ2) is 10.1. The van der Waals surface area contributed by atoms with E-state index in [-0.39, 0.29) is 6.42 Å². The van der Waals surface area contributed by atoms with Gasteiger partial charge < -0.3 is 15.5 Å². The molecule has 1 amide bonds. The molecule has 0 heterocycles. The van der Waals surface area contributed by atoms with E-state index in [0.29, 0.717) is 12.8 Å². The molecule has 27 heavy (non-hydrogen) atoms. The van der Waals surface area contributed by atoms with Crippen LogP contribution in [0.4, 0.5) is 0 Å². The Hall–Kier alpha value is -3.15. The first-order valence-electron chi connectivity index (χ1n) is 8.76. The van der Waals surface area contributed by atoms with Crippen molar-refractivity contribution in [3.63, 3.8) is 0 Å². The quantitative estimate of drug-likeness (QED) is 0.597. The first kappa shape index (κ1) is 20.2. The van der Waals surface area contributed by atoms with Gasteiger partial charge in [-0.15, -0.1) is 0 Å². The summed E-state index contributed by atoms with van der Waals surface area (Å²) in [6.45, 7) is -0.486. The van der Waals surface area contributed by atoms with Crippen molar-refractivity contribution < 1.29 is 24.6 Å². The molecular weight excluding hydrogens is 346 g/mol. The molecule has 3 N–H and O–H groups in total. The number of nitrogens with one attached hydrogen (secondary N) is 1. The highest BCUT2D eigenvalue weighted by Gasteiger charge is 2.28. The van der Waals surface area contributed by atoms with Crippen molar-refractivity contribution in [1.82, 2.24) is 5.32 Å². The molecule has 142 valence electrons. The van der Waals surface area contributed by atoms with Crippen LogP contribution in [0.15, 0.2) is 60.7 Å². The number of benzene rings is 2. The zero-order chi connectivity index (χ0) is 19.6. The number of carbonyl (C=O) groups excluding carboxylic acids is 1. The topological polar surface area (TPSA) is 104 Å². The Morgan fingerprint density at radius 3 is 1.70 bits per heavy atom. The van der Waals surface area contributed by atoms with Gasteiger partial charge in [0.25, 0.3) is 0 Å². The van der Waals surface area contributed by atoms with Gasteiger partial charge >= 0.3 is 11.9 Å². The summed E-state index contributed by atoms with van der Waals surface area (Å²) in [5.74, 6) is -3.92. The van der Waals surface area contributed by atoms with Gasteiger partial charge in [0.05, 0.1) is 5.92 Å².